The molecule has 0 radical (unpaired) electrons. The Kier molecular flexibility index (Phi) is 3.92. The van der Waals surface area contributed by atoms with Gasteiger partial charge in [0.05, 0.1) is 6.04 Å². The van der Waals surface area contributed by atoms with E-state index >= 15 is 0 Å². The topological polar surface area (TPSA) is 117 Å². The molecule has 2 fully saturated rings. The molecule has 0 bridgehead atoms. The second kappa shape index (κ2) is 6.03. The lowest BCUT2D eigenvalue weighted by Gasteiger charge is -2.17. The zero-order valence-electron chi connectivity index (χ0n) is 12.1. The average molecular weight is 317 g/mol. The quantitative estimate of drug-likeness (QED) is 0.678. The van der Waals surface area contributed by atoms with Gasteiger partial charge in [0.15, 0.2) is 5.65 Å². The lowest BCUT2D eigenvalue weighted by molar-refractivity contribution is -0.123. The summed E-state index contributed by atoms with van der Waals surface area (Å²) in [7, 11) is 0. The lowest BCUT2D eigenvalue weighted by Crippen LogP contribution is -2.35. The Bertz CT molecular complexity index is 742. The number of nitrogens with one attached hydrogen (secondary N) is 1. The van der Waals surface area contributed by atoms with E-state index < -0.39 is 0 Å². The van der Waals surface area contributed by atoms with Crippen LogP contribution in [0.3, 0.4) is 0 Å². The van der Waals surface area contributed by atoms with Gasteiger partial charge in [-0.25, -0.2) is 9.50 Å². The van der Waals surface area contributed by atoms with Crippen molar-refractivity contribution in [2.75, 3.05) is 13.1 Å². The third-order valence-electron chi connectivity index (χ3n) is 4.05. The summed E-state index contributed by atoms with van der Waals surface area (Å²) in [4.78, 5) is 38.0. The monoisotopic (exact) mass is 317 g/mol. The molecular weight excluding hydrogens is 302 g/mol. The van der Waals surface area contributed by atoms with Crippen molar-refractivity contribution in [1.82, 2.24) is 24.8 Å². The number of carbonyl (C=O) groups is 3. The van der Waals surface area contributed by atoms with Crippen LogP contribution in [0.5, 0.6) is 0 Å². The van der Waals surface area contributed by atoms with E-state index in [4.69, 9.17) is 9.90 Å². The Hall–Kier alpha value is -2.97. The number of hydrogen-bond acceptors (Lipinski definition) is 5. The van der Waals surface area contributed by atoms with Crippen LogP contribution >= 0.6 is 0 Å². The first-order chi connectivity index (χ1) is 11.1. The number of likely N-dealkylation sites (tertiary alicyclic amines) is 1. The van der Waals surface area contributed by atoms with Crippen molar-refractivity contribution in [3.63, 3.8) is 0 Å². The van der Waals surface area contributed by atoms with E-state index in [0.29, 0.717) is 30.7 Å². The molecule has 4 rings (SSSR count). The van der Waals surface area contributed by atoms with E-state index in [1.54, 1.807) is 27.7 Å². The Morgan fingerprint density at radius 3 is 2.96 bits per heavy atom. The molecule has 0 aromatic carbocycles. The Morgan fingerprint density at radius 2 is 2.22 bits per heavy atom. The maximum absolute atomic E-state index is 12.5. The third kappa shape index (κ3) is 2.85. The van der Waals surface area contributed by atoms with E-state index in [0.717, 1.165) is 0 Å². The fourth-order valence-corrected chi connectivity index (χ4v) is 3.04. The predicted molar refractivity (Wildman–Crippen MR) is 77.6 cm³/mol. The van der Waals surface area contributed by atoms with Crippen molar-refractivity contribution < 1.29 is 19.5 Å². The molecule has 2 atom stereocenters. The highest BCUT2D eigenvalue weighted by Crippen LogP contribution is 2.26. The third-order valence-corrected chi connectivity index (χ3v) is 4.05. The molecule has 2 saturated heterocycles. The molecule has 0 saturated carbocycles. The summed E-state index contributed by atoms with van der Waals surface area (Å²) in [5, 5.41) is 13.8. The van der Waals surface area contributed by atoms with Crippen LogP contribution in [-0.4, -0.2) is 62.0 Å². The minimum atomic E-state index is -0.250. The van der Waals surface area contributed by atoms with Gasteiger partial charge in [-0.3, -0.25) is 14.4 Å². The molecule has 0 aliphatic carbocycles. The molecule has 0 spiro atoms. The summed E-state index contributed by atoms with van der Waals surface area (Å²) < 4.78 is 1.62. The molecule has 0 unspecified atom stereocenters. The van der Waals surface area contributed by atoms with Crippen LogP contribution in [-0.2, 0) is 9.59 Å². The Labute approximate surface area is 130 Å². The van der Waals surface area contributed by atoms with Crippen LogP contribution < -0.4 is 5.32 Å². The molecule has 2 N–H and O–H groups in total. The molecule has 9 heteroatoms. The molecule has 9 nitrogen and oxygen atoms in total. The molecule has 2 amide bonds. The van der Waals surface area contributed by atoms with E-state index in [1.807, 2.05) is 0 Å². The zero-order valence-corrected chi connectivity index (χ0v) is 12.1. The Balaban J connectivity index is 0.000000485. The van der Waals surface area contributed by atoms with Crippen LogP contribution in [0.4, 0.5) is 0 Å². The summed E-state index contributed by atoms with van der Waals surface area (Å²) in [6.07, 6.45) is 3.71. The highest BCUT2D eigenvalue weighted by molar-refractivity contribution is 5.95. The van der Waals surface area contributed by atoms with Gasteiger partial charge in [-0.15, -0.1) is 0 Å². The highest BCUT2D eigenvalue weighted by Gasteiger charge is 2.41. The first-order valence-corrected chi connectivity index (χ1v) is 7.08. The van der Waals surface area contributed by atoms with Crippen molar-refractivity contribution in [3.8, 4) is 0 Å². The number of nitrogens with zero attached hydrogens (tertiary/aromatic N) is 4. The molecule has 2 aromatic rings. The first kappa shape index (κ1) is 14.9. The van der Waals surface area contributed by atoms with Gasteiger partial charge in [-0.05, 0) is 12.1 Å². The van der Waals surface area contributed by atoms with Gasteiger partial charge in [0.1, 0.15) is 6.33 Å². The second-order valence-corrected chi connectivity index (χ2v) is 5.43. The fourth-order valence-electron chi connectivity index (χ4n) is 3.04. The van der Waals surface area contributed by atoms with E-state index in [9.17, 15) is 9.59 Å². The summed E-state index contributed by atoms with van der Waals surface area (Å²) >= 11 is 0. The highest BCUT2D eigenvalue weighted by atomic mass is 16.3. The van der Waals surface area contributed by atoms with E-state index in [2.05, 4.69) is 15.4 Å². The standard InChI is InChI=1S/C13H13N5O2.CH2O2/c19-12-4-9-5-17(6-10(9)16-12)13(20)8-1-2-18-11(3-8)14-7-15-18;2-1-3/h1-3,7,9-10H,4-6H2,(H,16,19);1H,(H,2,3)/t9-,10+;/m0./s1. The number of carboxylic acid groups (broad SMARTS) is 1. The molecule has 120 valence electrons. The van der Waals surface area contributed by atoms with Crippen molar-refractivity contribution >= 4 is 23.9 Å². The molecular formula is C14H15N5O4. The van der Waals surface area contributed by atoms with Gasteiger partial charge in [-0.1, -0.05) is 0 Å². The predicted octanol–water partition coefficient (Wildman–Crippen LogP) is -0.609. The van der Waals surface area contributed by atoms with Crippen molar-refractivity contribution in [2.24, 2.45) is 5.92 Å². The second-order valence-electron chi connectivity index (χ2n) is 5.43. The van der Waals surface area contributed by atoms with Crippen LogP contribution in [0.2, 0.25) is 0 Å². The van der Waals surface area contributed by atoms with E-state index in [-0.39, 0.29) is 30.2 Å². The van der Waals surface area contributed by atoms with Crippen molar-refractivity contribution in [1.29, 1.82) is 0 Å². The van der Waals surface area contributed by atoms with Crippen LogP contribution in [0, 0.1) is 5.92 Å². The number of aromatic nitrogens is 3. The van der Waals surface area contributed by atoms with Crippen LogP contribution in [0.1, 0.15) is 16.8 Å². The number of rotatable bonds is 1. The normalized spacial score (nSPS) is 22.3. The van der Waals surface area contributed by atoms with Gasteiger partial charge >= 0.3 is 0 Å². The van der Waals surface area contributed by atoms with Crippen LogP contribution in [0.25, 0.3) is 5.65 Å². The number of fused-ring (bicyclic) bond motifs is 2. The van der Waals surface area contributed by atoms with Gasteiger partial charge in [0, 0.05) is 37.2 Å². The van der Waals surface area contributed by atoms with Gasteiger partial charge in [0.2, 0.25) is 5.91 Å². The van der Waals surface area contributed by atoms with Crippen molar-refractivity contribution in [2.45, 2.75) is 12.5 Å². The maximum Gasteiger partial charge on any atom is 0.290 e. The minimum Gasteiger partial charge on any atom is -0.483 e. The Morgan fingerprint density at radius 1 is 1.43 bits per heavy atom. The molecule has 4 heterocycles. The lowest BCUT2D eigenvalue weighted by atomic mass is 10.1. The summed E-state index contributed by atoms with van der Waals surface area (Å²) in [5.41, 5.74) is 1.26. The van der Waals surface area contributed by atoms with Crippen molar-refractivity contribution in [3.05, 3.63) is 30.2 Å². The summed E-state index contributed by atoms with van der Waals surface area (Å²) in [5.74, 6) is 0.333. The summed E-state index contributed by atoms with van der Waals surface area (Å²) in [6, 6.07) is 3.60. The molecule has 2 aliphatic rings. The molecule has 2 aromatic heterocycles. The maximum atomic E-state index is 12.5. The SMILES string of the molecule is O=C1C[C@H]2CN(C(=O)c3ccn4ncnc4c3)C[C@H]2N1.O=CO. The minimum absolute atomic E-state index is 0.0147. The largest absolute Gasteiger partial charge is 0.483 e. The summed E-state index contributed by atoms with van der Waals surface area (Å²) in [6.45, 7) is 0.979. The molecule has 2 aliphatic heterocycles. The van der Waals surface area contributed by atoms with Gasteiger partial charge in [0.25, 0.3) is 12.4 Å². The number of amides is 2. The average Bonchev–Trinajstić information content (AvgIpc) is 3.20. The molecule has 23 heavy (non-hydrogen) atoms. The first-order valence-electron chi connectivity index (χ1n) is 7.08. The fraction of sp³-hybridized carbons (Fsp3) is 0.357. The number of pyridine rings is 1. The van der Waals surface area contributed by atoms with Crippen LogP contribution in [0.15, 0.2) is 24.7 Å². The van der Waals surface area contributed by atoms with Gasteiger partial charge in [-0.2, -0.15) is 5.10 Å². The smallest absolute Gasteiger partial charge is 0.290 e. The number of carbonyl (C=O) groups excluding carboxylic acids is 2. The van der Waals surface area contributed by atoms with E-state index in [1.165, 1.54) is 6.33 Å². The zero-order chi connectivity index (χ0) is 16.4. The number of hydrogen-bond donors (Lipinski definition) is 2. The van der Waals surface area contributed by atoms with Gasteiger partial charge < -0.3 is 15.3 Å².